The number of rotatable bonds is 6. The lowest BCUT2D eigenvalue weighted by Gasteiger charge is -2.16. The van der Waals surface area contributed by atoms with Crippen LogP contribution in [0.15, 0.2) is 24.3 Å². The average Bonchev–Trinajstić information content (AvgIpc) is 3.19. The van der Waals surface area contributed by atoms with Crippen molar-refractivity contribution in [3.8, 4) is 0 Å². The van der Waals surface area contributed by atoms with Crippen molar-refractivity contribution < 1.29 is 21.6 Å². The van der Waals surface area contributed by atoms with Crippen molar-refractivity contribution in [2.24, 2.45) is 0 Å². The van der Waals surface area contributed by atoms with Gasteiger partial charge in [0.25, 0.3) is 0 Å². The van der Waals surface area contributed by atoms with E-state index in [1.54, 1.807) is 6.92 Å². The first-order chi connectivity index (χ1) is 9.68. The van der Waals surface area contributed by atoms with Gasteiger partial charge in [-0.3, -0.25) is 4.72 Å². The molecule has 1 saturated carbocycles. The minimum atomic E-state index is -4.43. The zero-order valence-electron chi connectivity index (χ0n) is 11.4. The Balaban J connectivity index is 1.98. The van der Waals surface area contributed by atoms with Gasteiger partial charge in [-0.25, -0.2) is 8.42 Å². The minimum absolute atomic E-state index is 0.126. The summed E-state index contributed by atoms with van der Waals surface area (Å²) in [6, 6.07) is 4.33. The quantitative estimate of drug-likeness (QED) is 0.846. The number of halogens is 3. The molecule has 0 spiro atoms. The van der Waals surface area contributed by atoms with Crippen LogP contribution in [0.5, 0.6) is 0 Å². The lowest BCUT2D eigenvalue weighted by atomic mass is 10.2. The van der Waals surface area contributed by atoms with E-state index in [-0.39, 0.29) is 5.69 Å². The lowest BCUT2D eigenvalue weighted by Crippen LogP contribution is -2.35. The van der Waals surface area contributed by atoms with E-state index in [2.05, 4.69) is 10.0 Å². The Kier molecular flexibility index (Phi) is 4.48. The molecule has 1 aromatic carbocycles. The molecule has 0 aromatic heterocycles. The summed E-state index contributed by atoms with van der Waals surface area (Å²) in [5.74, 6) is 0. The van der Waals surface area contributed by atoms with Gasteiger partial charge in [-0.1, -0.05) is 0 Å². The highest BCUT2D eigenvalue weighted by Crippen LogP contribution is 2.30. The Morgan fingerprint density at radius 1 is 1.24 bits per heavy atom. The molecule has 1 aliphatic carbocycles. The topological polar surface area (TPSA) is 58.2 Å². The minimum Gasteiger partial charge on any atom is -0.313 e. The van der Waals surface area contributed by atoms with Gasteiger partial charge in [0.1, 0.15) is 0 Å². The Hall–Kier alpha value is -1.28. The summed E-state index contributed by atoms with van der Waals surface area (Å²) in [5.41, 5.74) is -0.685. The molecule has 1 aromatic rings. The molecule has 21 heavy (non-hydrogen) atoms. The normalized spacial score (nSPS) is 17.5. The molecular formula is C13H17F3N2O2S. The van der Waals surface area contributed by atoms with Crippen LogP contribution in [0.2, 0.25) is 0 Å². The summed E-state index contributed by atoms with van der Waals surface area (Å²) >= 11 is 0. The molecule has 0 bridgehead atoms. The molecule has 0 amide bonds. The fourth-order valence-corrected chi connectivity index (χ4v) is 2.70. The van der Waals surface area contributed by atoms with Crippen molar-refractivity contribution in [3.63, 3.8) is 0 Å². The van der Waals surface area contributed by atoms with E-state index in [1.165, 1.54) is 0 Å². The van der Waals surface area contributed by atoms with E-state index < -0.39 is 27.0 Å². The van der Waals surface area contributed by atoms with Gasteiger partial charge in [0.2, 0.25) is 10.0 Å². The standard InChI is InChI=1S/C13H17F3N2O2S/c1-9(8-17-11-6-7-11)21(19,20)18-12-4-2-10(3-5-12)13(14,15)16/h2-5,9,11,17-18H,6-8H2,1H3. The van der Waals surface area contributed by atoms with Crippen molar-refractivity contribution in [2.75, 3.05) is 11.3 Å². The van der Waals surface area contributed by atoms with E-state index >= 15 is 0 Å². The van der Waals surface area contributed by atoms with Crippen LogP contribution in [0, 0.1) is 0 Å². The summed E-state index contributed by atoms with van der Waals surface area (Å²) in [6.45, 7) is 1.88. The molecule has 4 nitrogen and oxygen atoms in total. The number of hydrogen-bond acceptors (Lipinski definition) is 3. The van der Waals surface area contributed by atoms with Gasteiger partial charge < -0.3 is 5.32 Å². The predicted octanol–water partition coefficient (Wildman–Crippen LogP) is 2.59. The zero-order chi connectivity index (χ0) is 15.7. The molecule has 0 radical (unpaired) electrons. The SMILES string of the molecule is CC(CNC1CC1)S(=O)(=O)Nc1ccc(C(F)(F)F)cc1. The summed E-state index contributed by atoms with van der Waals surface area (Å²) in [7, 11) is -3.62. The van der Waals surface area contributed by atoms with Crippen LogP contribution >= 0.6 is 0 Å². The second-order valence-corrected chi connectivity index (χ2v) is 7.31. The maximum absolute atomic E-state index is 12.4. The number of nitrogens with one attached hydrogen (secondary N) is 2. The molecule has 118 valence electrons. The molecule has 0 aliphatic heterocycles. The number of benzene rings is 1. The average molecular weight is 322 g/mol. The smallest absolute Gasteiger partial charge is 0.313 e. The molecule has 1 atom stereocenters. The van der Waals surface area contributed by atoms with Crippen LogP contribution in [-0.4, -0.2) is 26.3 Å². The van der Waals surface area contributed by atoms with Crippen molar-refractivity contribution in [3.05, 3.63) is 29.8 Å². The number of alkyl halides is 3. The lowest BCUT2D eigenvalue weighted by molar-refractivity contribution is -0.137. The van der Waals surface area contributed by atoms with Crippen molar-refractivity contribution in [2.45, 2.75) is 37.2 Å². The Morgan fingerprint density at radius 3 is 2.29 bits per heavy atom. The van der Waals surface area contributed by atoms with Crippen LogP contribution in [0.1, 0.15) is 25.3 Å². The third-order valence-corrected chi connectivity index (χ3v) is 5.02. The summed E-state index contributed by atoms with van der Waals surface area (Å²) in [6.07, 6.45) is -2.32. The van der Waals surface area contributed by atoms with Gasteiger partial charge in [0.15, 0.2) is 0 Å². The molecule has 2 rings (SSSR count). The fourth-order valence-electron chi connectivity index (χ4n) is 1.72. The largest absolute Gasteiger partial charge is 0.416 e. The second kappa shape index (κ2) is 5.84. The number of sulfonamides is 1. The first kappa shape index (κ1) is 16.1. The fraction of sp³-hybridized carbons (Fsp3) is 0.538. The molecule has 2 N–H and O–H groups in total. The predicted molar refractivity (Wildman–Crippen MR) is 74.5 cm³/mol. The van der Waals surface area contributed by atoms with Crippen LogP contribution in [0.3, 0.4) is 0 Å². The molecule has 0 saturated heterocycles. The van der Waals surface area contributed by atoms with Crippen LogP contribution in [0.4, 0.5) is 18.9 Å². The third kappa shape index (κ3) is 4.60. The van der Waals surface area contributed by atoms with Gasteiger partial charge in [-0.2, -0.15) is 13.2 Å². The second-order valence-electron chi connectivity index (χ2n) is 5.22. The van der Waals surface area contributed by atoms with E-state index in [0.29, 0.717) is 12.6 Å². The van der Waals surface area contributed by atoms with E-state index in [1.807, 2.05) is 0 Å². The highest BCUT2D eigenvalue weighted by atomic mass is 32.2. The van der Waals surface area contributed by atoms with Crippen LogP contribution in [0.25, 0.3) is 0 Å². The van der Waals surface area contributed by atoms with Gasteiger partial charge in [-0.05, 0) is 44.0 Å². The highest BCUT2D eigenvalue weighted by Gasteiger charge is 2.30. The monoisotopic (exact) mass is 322 g/mol. The Labute approximate surface area is 121 Å². The highest BCUT2D eigenvalue weighted by molar-refractivity contribution is 7.93. The molecule has 8 heteroatoms. The zero-order valence-corrected chi connectivity index (χ0v) is 12.3. The first-order valence-electron chi connectivity index (χ1n) is 6.61. The van der Waals surface area contributed by atoms with Gasteiger partial charge in [-0.15, -0.1) is 0 Å². The van der Waals surface area contributed by atoms with E-state index in [9.17, 15) is 21.6 Å². The van der Waals surface area contributed by atoms with E-state index in [0.717, 1.165) is 37.1 Å². The van der Waals surface area contributed by atoms with Crippen molar-refractivity contribution in [1.82, 2.24) is 5.32 Å². The van der Waals surface area contributed by atoms with Crippen LogP contribution < -0.4 is 10.0 Å². The maximum atomic E-state index is 12.4. The summed E-state index contributed by atoms with van der Waals surface area (Å²) < 4.78 is 63.7. The molecule has 1 fully saturated rings. The molecule has 0 heterocycles. The van der Waals surface area contributed by atoms with Crippen molar-refractivity contribution >= 4 is 15.7 Å². The number of hydrogen-bond donors (Lipinski definition) is 2. The van der Waals surface area contributed by atoms with Gasteiger partial charge in [0.05, 0.1) is 10.8 Å². The summed E-state index contributed by atoms with van der Waals surface area (Å²) in [5, 5.41) is 2.44. The Morgan fingerprint density at radius 2 is 1.81 bits per heavy atom. The molecular weight excluding hydrogens is 305 g/mol. The number of anilines is 1. The first-order valence-corrected chi connectivity index (χ1v) is 8.15. The Bertz CT molecular complexity index is 580. The maximum Gasteiger partial charge on any atom is 0.416 e. The third-order valence-electron chi connectivity index (χ3n) is 3.27. The molecule has 1 aliphatic rings. The van der Waals surface area contributed by atoms with E-state index in [4.69, 9.17) is 0 Å². The van der Waals surface area contributed by atoms with Crippen molar-refractivity contribution in [1.29, 1.82) is 0 Å². The van der Waals surface area contributed by atoms with Gasteiger partial charge in [0, 0.05) is 18.3 Å². The van der Waals surface area contributed by atoms with Crippen LogP contribution in [-0.2, 0) is 16.2 Å². The molecule has 1 unspecified atom stereocenters. The summed E-state index contributed by atoms with van der Waals surface area (Å²) in [4.78, 5) is 0. The van der Waals surface area contributed by atoms with Gasteiger partial charge >= 0.3 is 6.18 Å².